The average Bonchev–Trinajstić information content (AvgIpc) is 3.29. The van der Waals surface area contributed by atoms with Crippen LogP contribution in [0.25, 0.3) is 0 Å². The van der Waals surface area contributed by atoms with Crippen LogP contribution < -0.4 is 0 Å². The lowest BCUT2D eigenvalue weighted by Gasteiger charge is -2.29. The SMILES string of the molecule is Cc1cc(C)n(Cc2nnc([C@@H]3CCCO[C@H]3c3ccnn3C)o2)n1. The molecule has 0 unspecified atom stereocenters. The van der Waals surface area contributed by atoms with Crippen LogP contribution in [0.4, 0.5) is 0 Å². The zero-order chi connectivity index (χ0) is 17.4. The largest absolute Gasteiger partial charge is 0.423 e. The molecular formula is C17H22N6O2. The van der Waals surface area contributed by atoms with Crippen LogP contribution in [0.15, 0.2) is 22.7 Å². The molecule has 25 heavy (non-hydrogen) atoms. The van der Waals surface area contributed by atoms with Gasteiger partial charge in [0.1, 0.15) is 12.6 Å². The van der Waals surface area contributed by atoms with E-state index < -0.39 is 0 Å². The monoisotopic (exact) mass is 342 g/mol. The minimum absolute atomic E-state index is 0.0471. The Kier molecular flexibility index (Phi) is 4.12. The Morgan fingerprint density at radius 3 is 2.88 bits per heavy atom. The Balaban J connectivity index is 1.57. The molecule has 2 atom stereocenters. The van der Waals surface area contributed by atoms with Crippen molar-refractivity contribution < 1.29 is 9.15 Å². The molecule has 3 aromatic rings. The second-order valence-electron chi connectivity index (χ2n) is 6.54. The fourth-order valence-electron chi connectivity index (χ4n) is 3.43. The molecule has 0 radical (unpaired) electrons. The summed E-state index contributed by atoms with van der Waals surface area (Å²) in [6, 6.07) is 4.01. The Morgan fingerprint density at radius 2 is 2.16 bits per heavy atom. The van der Waals surface area contributed by atoms with Gasteiger partial charge in [0.25, 0.3) is 0 Å². The van der Waals surface area contributed by atoms with Crippen molar-refractivity contribution in [3.63, 3.8) is 0 Å². The Bertz CT molecular complexity index is 864. The highest BCUT2D eigenvalue weighted by Gasteiger charge is 2.34. The van der Waals surface area contributed by atoms with Gasteiger partial charge in [-0.3, -0.25) is 9.36 Å². The van der Waals surface area contributed by atoms with E-state index in [0.717, 1.165) is 36.5 Å². The van der Waals surface area contributed by atoms with Crippen molar-refractivity contribution in [2.45, 2.75) is 45.3 Å². The summed E-state index contributed by atoms with van der Waals surface area (Å²) >= 11 is 0. The van der Waals surface area contributed by atoms with Gasteiger partial charge in [0, 0.05) is 25.5 Å². The van der Waals surface area contributed by atoms with E-state index in [1.807, 2.05) is 42.4 Å². The number of ether oxygens (including phenoxy) is 1. The zero-order valence-corrected chi connectivity index (χ0v) is 14.7. The molecule has 3 aromatic heterocycles. The van der Waals surface area contributed by atoms with Crippen LogP contribution >= 0.6 is 0 Å². The van der Waals surface area contributed by atoms with Crippen LogP contribution in [0.5, 0.6) is 0 Å². The first-order valence-corrected chi connectivity index (χ1v) is 8.54. The first-order chi connectivity index (χ1) is 12.1. The molecule has 0 aliphatic carbocycles. The summed E-state index contributed by atoms with van der Waals surface area (Å²) in [6.07, 6.45) is 3.61. The van der Waals surface area contributed by atoms with Crippen molar-refractivity contribution in [1.82, 2.24) is 29.8 Å². The number of aryl methyl sites for hydroxylation is 3. The number of rotatable bonds is 4. The molecule has 0 spiro atoms. The molecule has 0 aromatic carbocycles. The highest BCUT2D eigenvalue weighted by atomic mass is 16.5. The summed E-state index contributed by atoms with van der Waals surface area (Å²) < 4.78 is 15.7. The Labute approximate surface area is 145 Å². The molecule has 8 heteroatoms. The van der Waals surface area contributed by atoms with Crippen molar-refractivity contribution in [1.29, 1.82) is 0 Å². The number of hydrogen-bond acceptors (Lipinski definition) is 6. The summed E-state index contributed by atoms with van der Waals surface area (Å²) in [5.74, 6) is 1.24. The lowest BCUT2D eigenvalue weighted by molar-refractivity contribution is -0.0138. The second-order valence-corrected chi connectivity index (χ2v) is 6.54. The second kappa shape index (κ2) is 6.44. The molecule has 1 fully saturated rings. The fraction of sp³-hybridized carbons (Fsp3) is 0.529. The molecule has 0 N–H and O–H groups in total. The maximum atomic E-state index is 6.01. The van der Waals surface area contributed by atoms with Gasteiger partial charge >= 0.3 is 0 Å². The number of aromatic nitrogens is 6. The molecule has 132 valence electrons. The maximum Gasteiger partial charge on any atom is 0.237 e. The van der Waals surface area contributed by atoms with Gasteiger partial charge < -0.3 is 9.15 Å². The van der Waals surface area contributed by atoms with Crippen molar-refractivity contribution >= 4 is 0 Å². The van der Waals surface area contributed by atoms with E-state index >= 15 is 0 Å². The molecule has 4 rings (SSSR count). The summed E-state index contributed by atoms with van der Waals surface area (Å²) in [4.78, 5) is 0. The topological polar surface area (TPSA) is 83.8 Å². The molecule has 8 nitrogen and oxygen atoms in total. The van der Waals surface area contributed by atoms with E-state index in [2.05, 4.69) is 20.4 Å². The van der Waals surface area contributed by atoms with E-state index in [9.17, 15) is 0 Å². The smallest absolute Gasteiger partial charge is 0.237 e. The lowest BCUT2D eigenvalue weighted by atomic mass is 9.92. The third-order valence-corrected chi connectivity index (χ3v) is 4.66. The summed E-state index contributed by atoms with van der Waals surface area (Å²) in [6.45, 7) is 5.21. The quantitative estimate of drug-likeness (QED) is 0.723. The van der Waals surface area contributed by atoms with E-state index in [4.69, 9.17) is 9.15 Å². The van der Waals surface area contributed by atoms with Crippen molar-refractivity contribution in [2.75, 3.05) is 6.61 Å². The van der Waals surface area contributed by atoms with E-state index in [0.29, 0.717) is 18.3 Å². The molecule has 0 amide bonds. The van der Waals surface area contributed by atoms with Gasteiger partial charge in [0.15, 0.2) is 0 Å². The van der Waals surface area contributed by atoms with Crippen LogP contribution in [0.3, 0.4) is 0 Å². The van der Waals surface area contributed by atoms with Crippen LogP contribution in [-0.2, 0) is 18.3 Å². The van der Waals surface area contributed by atoms with Gasteiger partial charge in [-0.05, 0) is 38.8 Å². The molecule has 0 saturated carbocycles. The van der Waals surface area contributed by atoms with E-state index in [1.165, 1.54) is 0 Å². The first kappa shape index (κ1) is 16.0. The van der Waals surface area contributed by atoms with Gasteiger partial charge in [-0.1, -0.05) is 0 Å². The van der Waals surface area contributed by atoms with Crippen LogP contribution in [0, 0.1) is 13.8 Å². The average molecular weight is 342 g/mol. The normalized spacial score (nSPS) is 20.9. The predicted octanol–water partition coefficient (Wildman–Crippen LogP) is 2.30. The van der Waals surface area contributed by atoms with Crippen molar-refractivity contribution in [3.05, 3.63) is 47.2 Å². The fourth-order valence-corrected chi connectivity index (χ4v) is 3.43. The number of nitrogens with zero attached hydrogens (tertiary/aromatic N) is 6. The lowest BCUT2D eigenvalue weighted by Crippen LogP contribution is -2.23. The zero-order valence-electron chi connectivity index (χ0n) is 14.7. The highest BCUT2D eigenvalue weighted by molar-refractivity contribution is 5.13. The third-order valence-electron chi connectivity index (χ3n) is 4.66. The summed E-state index contributed by atoms with van der Waals surface area (Å²) in [5.41, 5.74) is 3.09. The Hall–Kier alpha value is -2.48. The minimum Gasteiger partial charge on any atom is -0.423 e. The molecule has 0 bridgehead atoms. The van der Waals surface area contributed by atoms with Gasteiger partial charge in [-0.2, -0.15) is 10.2 Å². The molecular weight excluding hydrogens is 320 g/mol. The molecule has 1 saturated heterocycles. The van der Waals surface area contributed by atoms with Gasteiger partial charge in [-0.15, -0.1) is 10.2 Å². The van der Waals surface area contributed by atoms with Crippen LogP contribution in [-0.4, -0.2) is 36.4 Å². The maximum absolute atomic E-state index is 6.01. The van der Waals surface area contributed by atoms with Gasteiger partial charge in [-0.25, -0.2) is 0 Å². The Morgan fingerprint density at radius 1 is 1.28 bits per heavy atom. The van der Waals surface area contributed by atoms with Crippen molar-refractivity contribution in [2.24, 2.45) is 7.05 Å². The van der Waals surface area contributed by atoms with E-state index in [1.54, 1.807) is 6.20 Å². The van der Waals surface area contributed by atoms with Gasteiger partial charge in [0.05, 0.1) is 17.3 Å². The number of hydrogen-bond donors (Lipinski definition) is 0. The molecule has 1 aliphatic heterocycles. The van der Waals surface area contributed by atoms with Crippen LogP contribution in [0.2, 0.25) is 0 Å². The minimum atomic E-state index is -0.108. The molecule has 1 aliphatic rings. The summed E-state index contributed by atoms with van der Waals surface area (Å²) in [7, 11) is 1.92. The molecule has 4 heterocycles. The predicted molar refractivity (Wildman–Crippen MR) is 89.0 cm³/mol. The van der Waals surface area contributed by atoms with Crippen LogP contribution in [0.1, 0.15) is 53.7 Å². The third kappa shape index (κ3) is 3.09. The summed E-state index contributed by atoms with van der Waals surface area (Å²) in [5, 5.41) is 17.2. The first-order valence-electron chi connectivity index (χ1n) is 8.54. The van der Waals surface area contributed by atoms with E-state index in [-0.39, 0.29) is 12.0 Å². The standard InChI is InChI=1S/C17H22N6O2/c1-11-9-12(2)23(21-11)10-15-19-20-17(25-15)13-5-4-8-24-16(13)14-6-7-18-22(14)3/h6-7,9,13,16H,4-5,8,10H2,1-3H3/t13-,16-/m1/s1. The highest BCUT2D eigenvalue weighted by Crippen LogP contribution is 2.39. The van der Waals surface area contributed by atoms with Gasteiger partial charge in [0.2, 0.25) is 11.8 Å². The van der Waals surface area contributed by atoms with Crippen molar-refractivity contribution in [3.8, 4) is 0 Å².